The molecule has 5 nitrogen and oxygen atoms in total. The summed E-state index contributed by atoms with van der Waals surface area (Å²) < 4.78 is 11.3. The van der Waals surface area contributed by atoms with Crippen molar-refractivity contribution in [2.45, 2.75) is 31.4 Å². The van der Waals surface area contributed by atoms with Gasteiger partial charge in [-0.05, 0) is 45.5 Å². The van der Waals surface area contributed by atoms with Gasteiger partial charge in [0.15, 0.2) is 5.76 Å². The predicted octanol–water partition coefficient (Wildman–Crippen LogP) is 1.74. The summed E-state index contributed by atoms with van der Waals surface area (Å²) >= 11 is 0. The lowest BCUT2D eigenvalue weighted by molar-refractivity contribution is -0.169. The van der Waals surface area contributed by atoms with Crippen LogP contribution in [0.25, 0.3) is 0 Å². The molecule has 1 aromatic heterocycles. The highest BCUT2D eigenvalue weighted by atomic mass is 16.5. The first-order valence-corrected chi connectivity index (χ1v) is 7.25. The molecule has 0 atom stereocenters. The van der Waals surface area contributed by atoms with Gasteiger partial charge in [-0.2, -0.15) is 0 Å². The maximum atomic E-state index is 12.4. The lowest BCUT2D eigenvalue weighted by Crippen LogP contribution is -2.53. The molecule has 0 aromatic carbocycles. The fourth-order valence-corrected chi connectivity index (χ4v) is 2.95. The number of carbonyl (C=O) groups excluding carboxylic acids is 1. The van der Waals surface area contributed by atoms with E-state index in [1.807, 2.05) is 30.0 Å². The van der Waals surface area contributed by atoms with Crippen molar-refractivity contribution < 1.29 is 13.9 Å². The number of carbonyl (C=O) groups is 1. The molecule has 3 rings (SSSR count). The Morgan fingerprint density at radius 3 is 2.55 bits per heavy atom. The van der Waals surface area contributed by atoms with Gasteiger partial charge in [-0.25, -0.2) is 0 Å². The van der Waals surface area contributed by atoms with Gasteiger partial charge in [0.25, 0.3) is 5.91 Å². The van der Waals surface area contributed by atoms with Crippen molar-refractivity contribution in [2.24, 2.45) is 0 Å². The molecule has 2 saturated heterocycles. The van der Waals surface area contributed by atoms with Crippen LogP contribution in [0.2, 0.25) is 0 Å². The molecule has 1 aromatic rings. The number of ether oxygens (including phenoxy) is 1. The monoisotopic (exact) mass is 278 g/mol. The molecule has 0 saturated carbocycles. The zero-order valence-electron chi connectivity index (χ0n) is 12.2. The summed E-state index contributed by atoms with van der Waals surface area (Å²) in [6.07, 6.45) is 3.04. The van der Waals surface area contributed by atoms with Gasteiger partial charge in [0.1, 0.15) is 5.76 Å². The number of nitrogens with zero attached hydrogens (tertiary/aromatic N) is 2. The second kappa shape index (κ2) is 5.22. The average molecular weight is 278 g/mol. The molecule has 0 radical (unpaired) electrons. The molecular formula is C15H22N2O3. The first-order valence-electron chi connectivity index (χ1n) is 7.25. The van der Waals surface area contributed by atoms with Crippen molar-refractivity contribution in [2.75, 3.05) is 33.8 Å². The zero-order valence-corrected chi connectivity index (χ0v) is 12.2. The molecule has 2 fully saturated rings. The Balaban J connectivity index is 1.60. The van der Waals surface area contributed by atoms with E-state index < -0.39 is 0 Å². The molecule has 0 aliphatic carbocycles. The first kappa shape index (κ1) is 13.6. The van der Waals surface area contributed by atoms with E-state index >= 15 is 0 Å². The number of hydrogen-bond donors (Lipinski definition) is 0. The second-order valence-corrected chi connectivity index (χ2v) is 6.08. The molecule has 2 aliphatic heterocycles. The molecule has 3 heterocycles. The summed E-state index contributed by atoms with van der Waals surface area (Å²) in [4.78, 5) is 16.3. The second-order valence-electron chi connectivity index (χ2n) is 6.08. The smallest absolute Gasteiger partial charge is 0.289 e. The Bertz CT molecular complexity index is 481. The van der Waals surface area contributed by atoms with Crippen molar-refractivity contribution in [1.82, 2.24) is 9.80 Å². The van der Waals surface area contributed by atoms with Crippen LogP contribution in [0, 0.1) is 0 Å². The Morgan fingerprint density at radius 1 is 1.30 bits per heavy atom. The van der Waals surface area contributed by atoms with Crippen LogP contribution in [-0.2, 0) is 11.3 Å². The topological polar surface area (TPSA) is 45.9 Å². The van der Waals surface area contributed by atoms with Gasteiger partial charge in [0, 0.05) is 13.1 Å². The summed E-state index contributed by atoms with van der Waals surface area (Å²) in [5, 5.41) is 0. The summed E-state index contributed by atoms with van der Waals surface area (Å²) in [6, 6.07) is 3.67. The fourth-order valence-electron chi connectivity index (χ4n) is 2.95. The standard InChI is InChI=1S/C15H22N2O3/c1-16(2)11-12-3-4-13(20-12)14(18)17-8-5-15(6-9-17)7-10-19-15/h3-4H,5-11H2,1-2H3. The number of furan rings is 1. The zero-order chi connectivity index (χ0) is 14.2. The molecule has 1 amide bonds. The minimum absolute atomic E-state index is 0.00387. The fraction of sp³-hybridized carbons (Fsp3) is 0.667. The Morgan fingerprint density at radius 2 is 2.00 bits per heavy atom. The maximum absolute atomic E-state index is 12.4. The van der Waals surface area contributed by atoms with Crippen molar-refractivity contribution in [1.29, 1.82) is 0 Å². The molecule has 110 valence electrons. The van der Waals surface area contributed by atoms with Crippen molar-refractivity contribution in [3.05, 3.63) is 23.7 Å². The molecule has 2 aliphatic rings. The number of rotatable bonds is 3. The van der Waals surface area contributed by atoms with Gasteiger partial charge in [-0.1, -0.05) is 0 Å². The first-order chi connectivity index (χ1) is 9.58. The largest absolute Gasteiger partial charge is 0.455 e. The quantitative estimate of drug-likeness (QED) is 0.845. The maximum Gasteiger partial charge on any atom is 0.289 e. The van der Waals surface area contributed by atoms with Crippen molar-refractivity contribution in [3.8, 4) is 0 Å². The van der Waals surface area contributed by atoms with Gasteiger partial charge in [0.05, 0.1) is 18.8 Å². The Hall–Kier alpha value is -1.33. The molecule has 20 heavy (non-hydrogen) atoms. The number of amides is 1. The van der Waals surface area contributed by atoms with Gasteiger partial charge >= 0.3 is 0 Å². The SMILES string of the molecule is CN(C)Cc1ccc(C(=O)N2CCC3(CCO3)CC2)o1. The van der Waals surface area contributed by atoms with Gasteiger partial charge < -0.3 is 19.0 Å². The van der Waals surface area contributed by atoms with Crippen molar-refractivity contribution in [3.63, 3.8) is 0 Å². The summed E-state index contributed by atoms with van der Waals surface area (Å²) in [6.45, 7) is 3.12. The normalized spacial score (nSPS) is 21.2. The Labute approximate surface area is 119 Å². The molecule has 0 bridgehead atoms. The minimum Gasteiger partial charge on any atom is -0.455 e. The van der Waals surface area contributed by atoms with E-state index in [0.29, 0.717) is 12.3 Å². The third kappa shape index (κ3) is 2.60. The predicted molar refractivity (Wildman–Crippen MR) is 74.5 cm³/mol. The van der Waals surface area contributed by atoms with Gasteiger partial charge in [-0.15, -0.1) is 0 Å². The van der Waals surface area contributed by atoms with E-state index in [0.717, 1.165) is 44.7 Å². The third-order valence-corrected chi connectivity index (χ3v) is 4.27. The van der Waals surface area contributed by atoms with Gasteiger partial charge in [0.2, 0.25) is 0 Å². The lowest BCUT2D eigenvalue weighted by Gasteiger charge is -2.47. The van der Waals surface area contributed by atoms with Crippen LogP contribution >= 0.6 is 0 Å². The van der Waals surface area contributed by atoms with Crippen molar-refractivity contribution >= 4 is 5.91 Å². The van der Waals surface area contributed by atoms with E-state index in [2.05, 4.69) is 0 Å². The van der Waals surface area contributed by atoms with E-state index in [1.165, 1.54) is 0 Å². The van der Waals surface area contributed by atoms with E-state index in [1.54, 1.807) is 6.07 Å². The highest BCUT2D eigenvalue weighted by Crippen LogP contribution is 2.36. The molecule has 5 heteroatoms. The van der Waals surface area contributed by atoms with Crippen LogP contribution in [-0.4, -0.2) is 55.1 Å². The van der Waals surface area contributed by atoms with E-state index in [4.69, 9.17) is 9.15 Å². The van der Waals surface area contributed by atoms with Crippen LogP contribution in [0.1, 0.15) is 35.6 Å². The highest BCUT2D eigenvalue weighted by molar-refractivity contribution is 5.91. The number of hydrogen-bond acceptors (Lipinski definition) is 4. The summed E-state index contributed by atoms with van der Waals surface area (Å²) in [5.41, 5.74) is 0.0794. The van der Waals surface area contributed by atoms with Crippen LogP contribution in [0.4, 0.5) is 0 Å². The number of likely N-dealkylation sites (tertiary alicyclic amines) is 1. The lowest BCUT2D eigenvalue weighted by atomic mass is 9.84. The van der Waals surface area contributed by atoms with E-state index in [-0.39, 0.29) is 11.5 Å². The van der Waals surface area contributed by atoms with Crippen LogP contribution in [0.15, 0.2) is 16.5 Å². The summed E-state index contributed by atoms with van der Waals surface area (Å²) in [7, 11) is 3.96. The molecular weight excluding hydrogens is 256 g/mol. The van der Waals surface area contributed by atoms with Crippen LogP contribution in [0.3, 0.4) is 0 Å². The van der Waals surface area contributed by atoms with E-state index in [9.17, 15) is 4.79 Å². The minimum atomic E-state index is 0.00387. The Kier molecular flexibility index (Phi) is 3.56. The summed E-state index contributed by atoms with van der Waals surface area (Å²) in [5.74, 6) is 1.28. The van der Waals surface area contributed by atoms with Crippen LogP contribution in [0.5, 0.6) is 0 Å². The van der Waals surface area contributed by atoms with Crippen LogP contribution < -0.4 is 0 Å². The highest BCUT2D eigenvalue weighted by Gasteiger charge is 2.42. The third-order valence-electron chi connectivity index (χ3n) is 4.27. The molecule has 1 spiro atoms. The van der Waals surface area contributed by atoms with Gasteiger partial charge in [-0.3, -0.25) is 4.79 Å². The average Bonchev–Trinajstić information content (AvgIpc) is 2.84. The number of piperidine rings is 1. The molecule has 0 unspecified atom stereocenters. The molecule has 0 N–H and O–H groups in total.